The summed E-state index contributed by atoms with van der Waals surface area (Å²) in [5, 5.41) is 0.354. The van der Waals surface area contributed by atoms with Gasteiger partial charge in [0.05, 0.1) is 5.60 Å². The molecule has 0 aromatic carbocycles. The highest BCUT2D eigenvalue weighted by molar-refractivity contribution is 6.20. The Hall–Kier alpha value is 0.250. The first kappa shape index (κ1) is 16.3. The van der Waals surface area contributed by atoms with Gasteiger partial charge in [-0.1, -0.05) is 20.8 Å². The molecule has 18 heavy (non-hydrogen) atoms. The standard InChI is InChI=1S/C16H31ClO/c1-15(2,3)13-7-8-14(17)12(11-13)9-10-18-16(4,5)6/h12-14H,7-11H2,1-6H3. The third-order valence-electron chi connectivity index (χ3n) is 4.14. The molecule has 108 valence electrons. The molecule has 0 heterocycles. The average molecular weight is 275 g/mol. The van der Waals surface area contributed by atoms with Gasteiger partial charge in [0.15, 0.2) is 0 Å². The summed E-state index contributed by atoms with van der Waals surface area (Å²) in [6.07, 6.45) is 4.83. The van der Waals surface area contributed by atoms with E-state index in [1.165, 1.54) is 19.3 Å². The summed E-state index contributed by atoms with van der Waals surface area (Å²) in [6.45, 7) is 14.3. The van der Waals surface area contributed by atoms with Crippen LogP contribution in [0.2, 0.25) is 0 Å². The highest BCUT2D eigenvalue weighted by Gasteiger charge is 2.34. The molecule has 0 aliphatic heterocycles. The predicted molar refractivity (Wildman–Crippen MR) is 80.2 cm³/mol. The molecule has 2 heteroatoms. The van der Waals surface area contributed by atoms with Gasteiger partial charge in [0, 0.05) is 12.0 Å². The van der Waals surface area contributed by atoms with Crippen molar-refractivity contribution in [2.45, 2.75) is 78.2 Å². The van der Waals surface area contributed by atoms with Gasteiger partial charge in [-0.15, -0.1) is 11.6 Å². The molecule has 1 nitrogen and oxygen atoms in total. The summed E-state index contributed by atoms with van der Waals surface area (Å²) >= 11 is 6.49. The molecule has 0 bridgehead atoms. The molecule has 0 spiro atoms. The maximum absolute atomic E-state index is 6.49. The minimum atomic E-state index is -0.0279. The Bertz CT molecular complexity index is 249. The lowest BCUT2D eigenvalue weighted by atomic mass is 9.68. The van der Waals surface area contributed by atoms with Crippen LogP contribution in [0, 0.1) is 17.3 Å². The summed E-state index contributed by atoms with van der Waals surface area (Å²) in [7, 11) is 0. The number of hydrogen-bond donors (Lipinski definition) is 0. The normalized spacial score (nSPS) is 30.5. The fourth-order valence-electron chi connectivity index (χ4n) is 2.83. The maximum Gasteiger partial charge on any atom is 0.0598 e. The fourth-order valence-corrected chi connectivity index (χ4v) is 3.18. The lowest BCUT2D eigenvalue weighted by molar-refractivity contribution is -0.0138. The highest BCUT2D eigenvalue weighted by atomic mass is 35.5. The third-order valence-corrected chi connectivity index (χ3v) is 4.71. The zero-order valence-electron chi connectivity index (χ0n) is 13.1. The zero-order valence-corrected chi connectivity index (χ0v) is 13.8. The minimum Gasteiger partial charge on any atom is -0.376 e. The lowest BCUT2D eigenvalue weighted by Crippen LogP contribution is -2.33. The second-order valence-electron chi connectivity index (χ2n) is 7.90. The van der Waals surface area contributed by atoms with Gasteiger partial charge in [-0.25, -0.2) is 0 Å². The maximum atomic E-state index is 6.49. The van der Waals surface area contributed by atoms with Crippen LogP contribution in [-0.4, -0.2) is 17.6 Å². The summed E-state index contributed by atoms with van der Waals surface area (Å²) in [5.74, 6) is 1.44. The Morgan fingerprint density at radius 3 is 2.17 bits per heavy atom. The van der Waals surface area contributed by atoms with E-state index in [2.05, 4.69) is 41.5 Å². The SMILES string of the molecule is CC(C)(C)OCCC1CC(C(C)(C)C)CCC1Cl. The molecule has 1 saturated carbocycles. The van der Waals surface area contributed by atoms with Crippen LogP contribution in [0.5, 0.6) is 0 Å². The summed E-state index contributed by atoms with van der Waals surface area (Å²) < 4.78 is 5.84. The molecule has 1 fully saturated rings. The first-order valence-electron chi connectivity index (χ1n) is 7.37. The fraction of sp³-hybridized carbons (Fsp3) is 1.00. The van der Waals surface area contributed by atoms with E-state index < -0.39 is 0 Å². The van der Waals surface area contributed by atoms with E-state index in [0.717, 1.165) is 18.9 Å². The van der Waals surface area contributed by atoms with E-state index in [4.69, 9.17) is 16.3 Å². The molecule has 3 atom stereocenters. The number of hydrogen-bond acceptors (Lipinski definition) is 1. The monoisotopic (exact) mass is 274 g/mol. The zero-order chi connectivity index (χ0) is 14.0. The minimum absolute atomic E-state index is 0.0279. The smallest absolute Gasteiger partial charge is 0.0598 e. The van der Waals surface area contributed by atoms with Gasteiger partial charge in [0.2, 0.25) is 0 Å². The lowest BCUT2D eigenvalue weighted by Gasteiger charge is -2.40. The molecule has 0 aromatic heterocycles. The summed E-state index contributed by atoms with van der Waals surface area (Å²) in [4.78, 5) is 0. The van der Waals surface area contributed by atoms with Crippen LogP contribution in [0.25, 0.3) is 0 Å². The Morgan fingerprint density at radius 2 is 1.67 bits per heavy atom. The van der Waals surface area contributed by atoms with E-state index >= 15 is 0 Å². The molecule has 1 aliphatic carbocycles. The summed E-state index contributed by atoms with van der Waals surface area (Å²) in [5.41, 5.74) is 0.389. The molecule has 0 N–H and O–H groups in total. The topological polar surface area (TPSA) is 9.23 Å². The van der Waals surface area contributed by atoms with Crippen molar-refractivity contribution in [1.82, 2.24) is 0 Å². The van der Waals surface area contributed by atoms with Gasteiger partial charge in [-0.05, 0) is 63.7 Å². The third kappa shape index (κ3) is 5.48. The first-order chi connectivity index (χ1) is 8.09. The van der Waals surface area contributed by atoms with E-state index in [9.17, 15) is 0 Å². The quantitative estimate of drug-likeness (QED) is 0.638. The average Bonchev–Trinajstić information content (AvgIpc) is 2.17. The molecule has 1 rings (SSSR count). The second-order valence-corrected chi connectivity index (χ2v) is 8.46. The number of ether oxygens (including phenoxy) is 1. The molecule has 0 amide bonds. The number of halogens is 1. The molecule has 0 radical (unpaired) electrons. The number of alkyl halides is 1. The van der Waals surface area contributed by atoms with E-state index in [0.29, 0.717) is 16.7 Å². The van der Waals surface area contributed by atoms with Crippen molar-refractivity contribution in [2.75, 3.05) is 6.61 Å². The highest BCUT2D eigenvalue weighted by Crippen LogP contribution is 2.43. The van der Waals surface area contributed by atoms with Crippen molar-refractivity contribution in [3.63, 3.8) is 0 Å². The van der Waals surface area contributed by atoms with Crippen molar-refractivity contribution < 1.29 is 4.74 Å². The Kier molecular flexibility index (Phi) is 5.56. The van der Waals surface area contributed by atoms with Gasteiger partial charge in [0.25, 0.3) is 0 Å². The van der Waals surface area contributed by atoms with Crippen molar-refractivity contribution in [2.24, 2.45) is 17.3 Å². The molecule has 0 saturated heterocycles. The van der Waals surface area contributed by atoms with Gasteiger partial charge in [-0.2, -0.15) is 0 Å². The van der Waals surface area contributed by atoms with Gasteiger partial charge < -0.3 is 4.74 Å². The van der Waals surface area contributed by atoms with Gasteiger partial charge >= 0.3 is 0 Å². The van der Waals surface area contributed by atoms with E-state index in [1.807, 2.05) is 0 Å². The van der Waals surface area contributed by atoms with Crippen LogP contribution in [0.1, 0.15) is 67.2 Å². The van der Waals surface area contributed by atoms with Crippen LogP contribution in [0.4, 0.5) is 0 Å². The molecular weight excluding hydrogens is 244 g/mol. The Balaban J connectivity index is 2.43. The van der Waals surface area contributed by atoms with Crippen LogP contribution >= 0.6 is 11.6 Å². The number of rotatable bonds is 3. The molecule has 1 aliphatic rings. The van der Waals surface area contributed by atoms with E-state index in [-0.39, 0.29) is 5.60 Å². The van der Waals surface area contributed by atoms with Crippen molar-refractivity contribution in [3.05, 3.63) is 0 Å². The van der Waals surface area contributed by atoms with Crippen LogP contribution in [0.15, 0.2) is 0 Å². The van der Waals surface area contributed by atoms with Crippen LogP contribution < -0.4 is 0 Å². The van der Waals surface area contributed by atoms with E-state index in [1.54, 1.807) is 0 Å². The van der Waals surface area contributed by atoms with Crippen molar-refractivity contribution in [1.29, 1.82) is 0 Å². The second kappa shape index (κ2) is 6.13. The Morgan fingerprint density at radius 1 is 1.06 bits per heavy atom. The molecule has 3 unspecified atom stereocenters. The predicted octanol–water partition coefficient (Wildman–Crippen LogP) is 5.26. The molecule has 0 aromatic rings. The van der Waals surface area contributed by atoms with Crippen LogP contribution in [0.3, 0.4) is 0 Å². The van der Waals surface area contributed by atoms with Gasteiger partial charge in [0.1, 0.15) is 0 Å². The van der Waals surface area contributed by atoms with Crippen molar-refractivity contribution in [3.8, 4) is 0 Å². The van der Waals surface area contributed by atoms with Crippen LogP contribution in [-0.2, 0) is 4.74 Å². The first-order valence-corrected chi connectivity index (χ1v) is 7.81. The Labute approximate surface area is 119 Å². The largest absolute Gasteiger partial charge is 0.376 e. The van der Waals surface area contributed by atoms with Gasteiger partial charge in [-0.3, -0.25) is 0 Å². The van der Waals surface area contributed by atoms with Crippen molar-refractivity contribution >= 4 is 11.6 Å². The molecular formula is C16H31ClO. The summed E-state index contributed by atoms with van der Waals surface area (Å²) in [6, 6.07) is 0.